The molecule has 0 unspecified atom stereocenters. The Kier molecular flexibility index (Phi) is 4.51. The maximum atomic E-state index is 12.5. The van der Waals surface area contributed by atoms with Crippen molar-refractivity contribution in [1.82, 2.24) is 19.6 Å². The van der Waals surface area contributed by atoms with Crippen molar-refractivity contribution in [3.05, 3.63) is 18.0 Å². The molecule has 0 radical (unpaired) electrons. The molecule has 7 nitrogen and oxygen atoms in total. The predicted octanol–water partition coefficient (Wildman–Crippen LogP) is 2.04. The van der Waals surface area contributed by atoms with Gasteiger partial charge in [-0.05, 0) is 13.3 Å². The number of hydrogen-bond acceptors (Lipinski definition) is 4. The average Bonchev–Trinajstić information content (AvgIpc) is 3.12. The lowest BCUT2D eigenvalue weighted by Gasteiger charge is -2.37. The summed E-state index contributed by atoms with van der Waals surface area (Å²) in [6, 6.07) is 0.205. The maximum absolute atomic E-state index is 12.5. The molecular weight excluding hydrogens is 308 g/mol. The summed E-state index contributed by atoms with van der Waals surface area (Å²) in [6.45, 7) is 6.05. The fraction of sp³-hybridized carbons (Fsp3) is 0.706. The Balaban J connectivity index is 1.60. The summed E-state index contributed by atoms with van der Waals surface area (Å²) in [6.07, 6.45) is 6.54. The van der Waals surface area contributed by atoms with Crippen LogP contribution in [-0.4, -0.2) is 62.9 Å². The number of piperidine rings is 1. The van der Waals surface area contributed by atoms with Crippen LogP contribution in [0.4, 0.5) is 4.79 Å². The molecule has 3 heterocycles. The van der Waals surface area contributed by atoms with E-state index in [-0.39, 0.29) is 18.0 Å². The zero-order valence-electron chi connectivity index (χ0n) is 14.7. The third-order valence-electron chi connectivity index (χ3n) is 5.15. The second-order valence-electron chi connectivity index (χ2n) is 7.01. The molecule has 2 aliphatic heterocycles. The van der Waals surface area contributed by atoms with Gasteiger partial charge in [-0.3, -0.25) is 9.48 Å². The first-order chi connectivity index (χ1) is 11.4. The number of carbonyl (C=O) groups is 2. The SMILES string of the molecule is CCC[C@@H](C)N1CC2(CCN(C(=O)c3cnn(C)c3)CC2)OC1=O. The predicted molar refractivity (Wildman–Crippen MR) is 88.6 cm³/mol. The Morgan fingerprint density at radius 1 is 1.42 bits per heavy atom. The average molecular weight is 334 g/mol. The van der Waals surface area contributed by atoms with Gasteiger partial charge in [0.2, 0.25) is 0 Å². The summed E-state index contributed by atoms with van der Waals surface area (Å²) < 4.78 is 7.37. The van der Waals surface area contributed by atoms with Gasteiger partial charge in [0.25, 0.3) is 5.91 Å². The van der Waals surface area contributed by atoms with E-state index in [4.69, 9.17) is 4.74 Å². The molecule has 7 heteroatoms. The number of nitrogens with zero attached hydrogens (tertiary/aromatic N) is 4. The van der Waals surface area contributed by atoms with Crippen molar-refractivity contribution in [2.75, 3.05) is 19.6 Å². The van der Waals surface area contributed by atoms with E-state index in [2.05, 4.69) is 18.9 Å². The monoisotopic (exact) mass is 334 g/mol. The van der Waals surface area contributed by atoms with E-state index >= 15 is 0 Å². The van der Waals surface area contributed by atoms with E-state index in [1.807, 2.05) is 9.80 Å². The molecule has 2 saturated heterocycles. The smallest absolute Gasteiger partial charge is 0.410 e. The van der Waals surface area contributed by atoms with Crippen molar-refractivity contribution in [3.63, 3.8) is 0 Å². The van der Waals surface area contributed by atoms with Gasteiger partial charge in [0.05, 0.1) is 18.3 Å². The minimum absolute atomic E-state index is 0.00141. The largest absolute Gasteiger partial charge is 0.441 e. The number of ether oxygens (including phenoxy) is 1. The van der Waals surface area contributed by atoms with Gasteiger partial charge in [0.1, 0.15) is 5.60 Å². The van der Waals surface area contributed by atoms with E-state index in [0.29, 0.717) is 38.0 Å². The Hall–Kier alpha value is -2.05. The van der Waals surface area contributed by atoms with Crippen molar-refractivity contribution in [2.24, 2.45) is 7.05 Å². The van der Waals surface area contributed by atoms with Crippen molar-refractivity contribution < 1.29 is 14.3 Å². The molecule has 2 amide bonds. The Labute approximate surface area is 142 Å². The molecule has 132 valence electrons. The summed E-state index contributed by atoms with van der Waals surface area (Å²) in [5, 5.41) is 4.05. The molecule has 24 heavy (non-hydrogen) atoms. The number of aryl methyl sites for hydroxylation is 1. The van der Waals surface area contributed by atoms with E-state index in [1.54, 1.807) is 24.1 Å². The summed E-state index contributed by atoms with van der Waals surface area (Å²) in [4.78, 5) is 28.4. The van der Waals surface area contributed by atoms with Crippen LogP contribution in [0.1, 0.15) is 49.9 Å². The molecule has 3 rings (SSSR count). The Bertz CT molecular complexity index is 619. The van der Waals surface area contributed by atoms with Gasteiger partial charge in [-0.1, -0.05) is 13.3 Å². The van der Waals surface area contributed by atoms with Crippen LogP contribution in [0.5, 0.6) is 0 Å². The summed E-state index contributed by atoms with van der Waals surface area (Å²) in [5.74, 6) is -0.00141. The van der Waals surface area contributed by atoms with Crippen LogP contribution in [0.3, 0.4) is 0 Å². The van der Waals surface area contributed by atoms with Crippen LogP contribution >= 0.6 is 0 Å². The lowest BCUT2D eigenvalue weighted by molar-refractivity contribution is 0.00306. The molecule has 2 aliphatic rings. The highest BCUT2D eigenvalue weighted by Gasteiger charge is 2.48. The van der Waals surface area contributed by atoms with Gasteiger partial charge in [0.15, 0.2) is 0 Å². The molecule has 1 spiro atoms. The van der Waals surface area contributed by atoms with E-state index in [1.165, 1.54) is 0 Å². The second kappa shape index (κ2) is 6.45. The standard InChI is InChI=1S/C17H26N4O3/c1-4-5-13(2)21-12-17(24-16(21)23)6-8-20(9-7-17)15(22)14-10-18-19(3)11-14/h10-11,13H,4-9,12H2,1-3H3/t13-/m1/s1. The molecule has 0 saturated carbocycles. The molecule has 0 bridgehead atoms. The molecule has 1 aromatic heterocycles. The van der Waals surface area contributed by atoms with E-state index in [9.17, 15) is 9.59 Å². The maximum Gasteiger partial charge on any atom is 0.410 e. The molecular formula is C17H26N4O3. The lowest BCUT2D eigenvalue weighted by Crippen LogP contribution is -2.49. The second-order valence-corrected chi connectivity index (χ2v) is 7.01. The molecule has 1 atom stereocenters. The number of likely N-dealkylation sites (tertiary alicyclic amines) is 1. The number of carbonyl (C=O) groups excluding carboxylic acids is 2. The van der Waals surface area contributed by atoms with E-state index in [0.717, 1.165) is 12.8 Å². The van der Waals surface area contributed by atoms with Crippen LogP contribution in [-0.2, 0) is 11.8 Å². The summed E-state index contributed by atoms with van der Waals surface area (Å²) in [7, 11) is 1.80. The lowest BCUT2D eigenvalue weighted by atomic mass is 9.90. The zero-order valence-corrected chi connectivity index (χ0v) is 14.7. The summed E-state index contributed by atoms with van der Waals surface area (Å²) >= 11 is 0. The van der Waals surface area contributed by atoms with Crippen molar-refractivity contribution in [3.8, 4) is 0 Å². The van der Waals surface area contributed by atoms with Gasteiger partial charge < -0.3 is 14.5 Å². The minimum Gasteiger partial charge on any atom is -0.441 e. The highest BCUT2D eigenvalue weighted by molar-refractivity contribution is 5.93. The van der Waals surface area contributed by atoms with Crippen LogP contribution in [0.2, 0.25) is 0 Å². The first-order valence-corrected chi connectivity index (χ1v) is 8.71. The topological polar surface area (TPSA) is 67.7 Å². The summed E-state index contributed by atoms with van der Waals surface area (Å²) in [5.41, 5.74) is 0.181. The van der Waals surface area contributed by atoms with Gasteiger partial charge in [0, 0.05) is 45.2 Å². The van der Waals surface area contributed by atoms with Crippen LogP contribution in [0.25, 0.3) is 0 Å². The quantitative estimate of drug-likeness (QED) is 0.845. The number of amides is 2. The van der Waals surface area contributed by atoms with Crippen LogP contribution in [0.15, 0.2) is 12.4 Å². The fourth-order valence-corrected chi connectivity index (χ4v) is 3.65. The van der Waals surface area contributed by atoms with Crippen molar-refractivity contribution in [1.29, 1.82) is 0 Å². The highest BCUT2D eigenvalue weighted by Crippen LogP contribution is 2.35. The van der Waals surface area contributed by atoms with Crippen molar-refractivity contribution >= 4 is 12.0 Å². The number of hydrogen-bond donors (Lipinski definition) is 0. The Morgan fingerprint density at radius 2 is 2.12 bits per heavy atom. The van der Waals surface area contributed by atoms with Gasteiger partial charge in [-0.2, -0.15) is 5.10 Å². The van der Waals surface area contributed by atoms with Crippen LogP contribution < -0.4 is 0 Å². The van der Waals surface area contributed by atoms with Gasteiger partial charge in [-0.25, -0.2) is 4.79 Å². The molecule has 0 N–H and O–H groups in total. The normalized spacial score (nSPS) is 21.2. The van der Waals surface area contributed by atoms with E-state index < -0.39 is 5.60 Å². The number of rotatable bonds is 4. The molecule has 2 fully saturated rings. The number of aromatic nitrogens is 2. The van der Waals surface area contributed by atoms with Gasteiger partial charge >= 0.3 is 6.09 Å². The molecule has 0 aromatic carbocycles. The van der Waals surface area contributed by atoms with Crippen molar-refractivity contribution in [2.45, 2.75) is 51.2 Å². The first kappa shape index (κ1) is 16.8. The fourth-order valence-electron chi connectivity index (χ4n) is 3.65. The zero-order chi connectivity index (χ0) is 17.3. The third kappa shape index (κ3) is 3.12. The molecule has 0 aliphatic carbocycles. The van der Waals surface area contributed by atoms with Crippen LogP contribution in [0, 0.1) is 0 Å². The first-order valence-electron chi connectivity index (χ1n) is 8.71. The molecule has 1 aromatic rings. The van der Waals surface area contributed by atoms with Gasteiger partial charge in [-0.15, -0.1) is 0 Å². The highest BCUT2D eigenvalue weighted by atomic mass is 16.6. The third-order valence-corrected chi connectivity index (χ3v) is 5.15. The Morgan fingerprint density at radius 3 is 2.71 bits per heavy atom. The minimum atomic E-state index is -0.426.